The Hall–Kier alpha value is -2.27. The number of hydrogen-bond donors (Lipinski definition) is 0. The van der Waals surface area contributed by atoms with Crippen LogP contribution in [0.1, 0.15) is 28.9 Å². The minimum absolute atomic E-state index is 0.0441. The Morgan fingerprint density at radius 1 is 1.25 bits per heavy atom. The molecular formula is C19H24N4O. The number of likely N-dealkylation sites (tertiary alicyclic amines) is 1. The number of anilines is 1. The van der Waals surface area contributed by atoms with Crippen LogP contribution in [-0.4, -0.2) is 47.8 Å². The van der Waals surface area contributed by atoms with Gasteiger partial charge in [-0.25, -0.2) is 4.98 Å². The Bertz CT molecular complexity index is 670. The van der Waals surface area contributed by atoms with E-state index in [9.17, 15) is 4.79 Å². The topological polar surface area (TPSA) is 49.3 Å². The largest absolute Gasteiger partial charge is 0.363 e. The maximum atomic E-state index is 12.6. The van der Waals surface area contributed by atoms with E-state index in [-0.39, 0.29) is 11.7 Å². The van der Waals surface area contributed by atoms with Crippen LogP contribution in [0.4, 0.5) is 5.82 Å². The maximum Gasteiger partial charge on any atom is 0.185 e. The van der Waals surface area contributed by atoms with Gasteiger partial charge < -0.3 is 4.90 Å². The molecule has 0 N–H and O–H groups in total. The van der Waals surface area contributed by atoms with E-state index in [0.717, 1.165) is 38.3 Å². The van der Waals surface area contributed by atoms with Crippen molar-refractivity contribution in [1.82, 2.24) is 14.9 Å². The summed E-state index contributed by atoms with van der Waals surface area (Å²) in [6.07, 6.45) is 5.61. The summed E-state index contributed by atoms with van der Waals surface area (Å²) in [5.41, 5.74) is 1.77. The zero-order chi connectivity index (χ0) is 16.9. The molecule has 0 spiro atoms. The monoisotopic (exact) mass is 324 g/mol. The van der Waals surface area contributed by atoms with Crippen LogP contribution in [0.15, 0.2) is 42.7 Å². The molecule has 0 amide bonds. The first-order valence-corrected chi connectivity index (χ1v) is 8.43. The number of aromatic nitrogens is 2. The fraction of sp³-hybridized carbons (Fsp3) is 0.421. The Kier molecular flexibility index (Phi) is 5.20. The second-order valence-corrected chi connectivity index (χ2v) is 6.57. The molecule has 126 valence electrons. The molecule has 1 fully saturated rings. The van der Waals surface area contributed by atoms with Gasteiger partial charge in [0.1, 0.15) is 11.5 Å². The SMILES string of the molecule is CN(C)c1ccc(CN2CCC[C@H](C(=O)c3ccccn3)C2)cn1. The average Bonchev–Trinajstić information content (AvgIpc) is 2.62. The summed E-state index contributed by atoms with van der Waals surface area (Å²) >= 11 is 0. The van der Waals surface area contributed by atoms with E-state index in [1.54, 1.807) is 6.20 Å². The third-order valence-electron chi connectivity index (χ3n) is 4.47. The highest BCUT2D eigenvalue weighted by atomic mass is 16.1. The van der Waals surface area contributed by atoms with E-state index in [0.29, 0.717) is 5.69 Å². The van der Waals surface area contributed by atoms with Crippen LogP contribution < -0.4 is 4.90 Å². The van der Waals surface area contributed by atoms with E-state index in [2.05, 4.69) is 20.9 Å². The van der Waals surface area contributed by atoms with Crippen LogP contribution in [-0.2, 0) is 6.54 Å². The average molecular weight is 324 g/mol. The summed E-state index contributed by atoms with van der Waals surface area (Å²) in [4.78, 5) is 25.6. The van der Waals surface area contributed by atoms with Gasteiger partial charge in [-0.05, 0) is 43.1 Å². The third-order valence-corrected chi connectivity index (χ3v) is 4.47. The molecule has 2 aromatic rings. The van der Waals surface area contributed by atoms with Crippen LogP contribution in [0.5, 0.6) is 0 Å². The molecule has 5 heteroatoms. The maximum absolute atomic E-state index is 12.6. The molecule has 0 unspecified atom stereocenters. The molecular weight excluding hydrogens is 300 g/mol. The van der Waals surface area contributed by atoms with Gasteiger partial charge in [-0.3, -0.25) is 14.7 Å². The second kappa shape index (κ2) is 7.53. The fourth-order valence-corrected chi connectivity index (χ4v) is 3.16. The van der Waals surface area contributed by atoms with Crippen molar-refractivity contribution in [3.63, 3.8) is 0 Å². The predicted molar refractivity (Wildman–Crippen MR) is 95.1 cm³/mol. The molecule has 1 aliphatic rings. The van der Waals surface area contributed by atoms with Crippen molar-refractivity contribution in [3.05, 3.63) is 54.0 Å². The molecule has 1 saturated heterocycles. The lowest BCUT2D eigenvalue weighted by Crippen LogP contribution is -2.38. The van der Waals surface area contributed by atoms with Crippen molar-refractivity contribution in [1.29, 1.82) is 0 Å². The number of nitrogens with zero attached hydrogens (tertiary/aromatic N) is 4. The predicted octanol–water partition coefficient (Wildman–Crippen LogP) is 2.64. The highest BCUT2D eigenvalue weighted by molar-refractivity contribution is 5.96. The van der Waals surface area contributed by atoms with Gasteiger partial charge in [0.25, 0.3) is 0 Å². The van der Waals surface area contributed by atoms with Crippen LogP contribution >= 0.6 is 0 Å². The van der Waals surface area contributed by atoms with Crippen LogP contribution in [0.3, 0.4) is 0 Å². The number of hydrogen-bond acceptors (Lipinski definition) is 5. The van der Waals surface area contributed by atoms with E-state index in [1.807, 2.05) is 49.5 Å². The molecule has 3 rings (SSSR count). The molecule has 0 bridgehead atoms. The van der Waals surface area contributed by atoms with Crippen molar-refractivity contribution in [2.24, 2.45) is 5.92 Å². The molecule has 24 heavy (non-hydrogen) atoms. The van der Waals surface area contributed by atoms with Crippen molar-refractivity contribution in [2.75, 3.05) is 32.1 Å². The first kappa shape index (κ1) is 16.6. The van der Waals surface area contributed by atoms with Gasteiger partial charge in [-0.1, -0.05) is 12.1 Å². The summed E-state index contributed by atoms with van der Waals surface area (Å²) in [7, 11) is 3.97. The number of Topliss-reactive ketones (excluding diaryl/α,β-unsaturated/α-hetero) is 1. The van der Waals surface area contributed by atoms with Crippen LogP contribution in [0, 0.1) is 5.92 Å². The number of pyridine rings is 2. The summed E-state index contributed by atoms with van der Waals surface area (Å²) in [5, 5.41) is 0. The zero-order valence-corrected chi connectivity index (χ0v) is 14.4. The Balaban J connectivity index is 1.62. The Labute approximate surface area is 143 Å². The summed E-state index contributed by atoms with van der Waals surface area (Å²) in [6.45, 7) is 2.67. The zero-order valence-electron chi connectivity index (χ0n) is 14.4. The molecule has 2 aromatic heterocycles. The molecule has 1 atom stereocenters. The summed E-state index contributed by atoms with van der Waals surface area (Å²) in [6, 6.07) is 9.68. The quantitative estimate of drug-likeness (QED) is 0.791. The van der Waals surface area contributed by atoms with Gasteiger partial charge in [-0.15, -0.1) is 0 Å². The third kappa shape index (κ3) is 3.97. The van der Waals surface area contributed by atoms with E-state index < -0.39 is 0 Å². The van der Waals surface area contributed by atoms with Gasteiger partial charge in [0.15, 0.2) is 5.78 Å². The van der Waals surface area contributed by atoms with Gasteiger partial charge in [0.2, 0.25) is 0 Å². The first-order valence-electron chi connectivity index (χ1n) is 8.43. The fourth-order valence-electron chi connectivity index (χ4n) is 3.16. The summed E-state index contributed by atoms with van der Waals surface area (Å²) in [5.74, 6) is 1.17. The summed E-state index contributed by atoms with van der Waals surface area (Å²) < 4.78 is 0. The molecule has 1 aliphatic heterocycles. The second-order valence-electron chi connectivity index (χ2n) is 6.57. The van der Waals surface area contributed by atoms with E-state index >= 15 is 0 Å². The van der Waals surface area contributed by atoms with Crippen LogP contribution in [0.25, 0.3) is 0 Å². The molecule has 0 radical (unpaired) electrons. The minimum atomic E-state index is 0.0441. The van der Waals surface area contributed by atoms with Crippen molar-refractivity contribution in [3.8, 4) is 0 Å². The lowest BCUT2D eigenvalue weighted by Gasteiger charge is -2.31. The highest BCUT2D eigenvalue weighted by Gasteiger charge is 2.27. The first-order chi connectivity index (χ1) is 11.6. The number of carbonyl (C=O) groups excluding carboxylic acids is 1. The van der Waals surface area contributed by atoms with Gasteiger partial charge in [0, 0.05) is 45.5 Å². The Morgan fingerprint density at radius 3 is 2.79 bits per heavy atom. The molecule has 0 aliphatic carbocycles. The molecule has 3 heterocycles. The smallest absolute Gasteiger partial charge is 0.185 e. The Morgan fingerprint density at radius 2 is 2.12 bits per heavy atom. The van der Waals surface area contributed by atoms with Crippen molar-refractivity contribution < 1.29 is 4.79 Å². The number of ketones is 1. The number of carbonyl (C=O) groups is 1. The lowest BCUT2D eigenvalue weighted by atomic mass is 9.91. The van der Waals surface area contributed by atoms with E-state index in [1.165, 1.54) is 5.56 Å². The van der Waals surface area contributed by atoms with Gasteiger partial charge in [0.05, 0.1) is 0 Å². The standard InChI is InChI=1S/C19H24N4O/c1-22(2)18-9-8-15(12-21-18)13-23-11-5-6-16(14-23)19(24)17-7-3-4-10-20-17/h3-4,7-10,12,16H,5-6,11,13-14H2,1-2H3/t16-/m0/s1. The van der Waals surface area contributed by atoms with Crippen LogP contribution in [0.2, 0.25) is 0 Å². The van der Waals surface area contributed by atoms with Crippen molar-refractivity contribution >= 4 is 11.6 Å². The lowest BCUT2D eigenvalue weighted by molar-refractivity contribution is 0.0806. The highest BCUT2D eigenvalue weighted by Crippen LogP contribution is 2.22. The number of piperidine rings is 1. The van der Waals surface area contributed by atoms with Gasteiger partial charge in [-0.2, -0.15) is 0 Å². The van der Waals surface area contributed by atoms with Crippen molar-refractivity contribution in [2.45, 2.75) is 19.4 Å². The van der Waals surface area contributed by atoms with E-state index in [4.69, 9.17) is 0 Å². The normalized spacial score (nSPS) is 18.3. The molecule has 0 saturated carbocycles. The molecule has 5 nitrogen and oxygen atoms in total. The van der Waals surface area contributed by atoms with Gasteiger partial charge >= 0.3 is 0 Å². The molecule has 0 aromatic carbocycles. The number of rotatable bonds is 5. The minimum Gasteiger partial charge on any atom is -0.363 e.